The molecule has 0 fully saturated rings. The smallest absolute Gasteiger partial charge is 0.223 e. The first kappa shape index (κ1) is 15.4. The molecule has 0 heterocycles. The van der Waals surface area contributed by atoms with Gasteiger partial charge < -0.3 is 11.1 Å². The fraction of sp³-hybridized carbons (Fsp3) is 0.833. The topological polar surface area (TPSA) is 55.1 Å². The lowest BCUT2D eigenvalue weighted by Gasteiger charge is -2.16. The van der Waals surface area contributed by atoms with Gasteiger partial charge in [-0.1, -0.05) is 45.8 Å². The summed E-state index contributed by atoms with van der Waals surface area (Å²) >= 11 is 4.86. The summed E-state index contributed by atoms with van der Waals surface area (Å²) in [6.45, 7) is 6.67. The third-order valence-corrected chi connectivity index (χ3v) is 3.24. The summed E-state index contributed by atoms with van der Waals surface area (Å²) in [6, 6.07) is 0. The van der Waals surface area contributed by atoms with E-state index < -0.39 is 0 Å². The first-order valence-electron chi connectivity index (χ1n) is 6.09. The van der Waals surface area contributed by atoms with Gasteiger partial charge >= 0.3 is 0 Å². The molecule has 0 aliphatic heterocycles. The largest absolute Gasteiger partial charge is 0.393 e. The lowest BCUT2D eigenvalue weighted by Crippen LogP contribution is -2.37. The molecule has 0 radical (unpaired) electrons. The van der Waals surface area contributed by atoms with E-state index in [1.807, 2.05) is 6.92 Å². The number of thiocarbonyl (C=S) groups is 1. The fourth-order valence-corrected chi connectivity index (χ4v) is 1.55. The zero-order chi connectivity index (χ0) is 12.6. The number of rotatable bonds is 8. The predicted molar refractivity (Wildman–Crippen MR) is 72.3 cm³/mol. The first-order chi connectivity index (χ1) is 7.52. The second-order valence-electron chi connectivity index (χ2n) is 4.30. The Balaban J connectivity index is 3.96. The van der Waals surface area contributed by atoms with Gasteiger partial charge in [-0.25, -0.2) is 0 Å². The normalized spacial score (nSPS) is 14.2. The molecule has 0 aromatic carbocycles. The highest BCUT2D eigenvalue weighted by atomic mass is 32.1. The van der Waals surface area contributed by atoms with Crippen LogP contribution >= 0.6 is 12.2 Å². The van der Waals surface area contributed by atoms with Crippen LogP contribution in [0.4, 0.5) is 0 Å². The second kappa shape index (κ2) is 8.50. The van der Waals surface area contributed by atoms with Gasteiger partial charge in [-0.3, -0.25) is 4.79 Å². The van der Waals surface area contributed by atoms with Crippen LogP contribution in [0.25, 0.3) is 0 Å². The fourth-order valence-electron chi connectivity index (χ4n) is 1.47. The van der Waals surface area contributed by atoms with Crippen molar-refractivity contribution in [3.63, 3.8) is 0 Å². The number of carbonyl (C=O) groups is 1. The van der Waals surface area contributed by atoms with E-state index in [4.69, 9.17) is 18.0 Å². The third kappa shape index (κ3) is 6.05. The van der Waals surface area contributed by atoms with Gasteiger partial charge in [0, 0.05) is 18.4 Å². The van der Waals surface area contributed by atoms with Crippen LogP contribution in [0.5, 0.6) is 0 Å². The summed E-state index contributed by atoms with van der Waals surface area (Å²) in [5, 5.41) is 2.92. The van der Waals surface area contributed by atoms with Crippen molar-refractivity contribution in [1.82, 2.24) is 5.32 Å². The van der Waals surface area contributed by atoms with E-state index in [0.717, 1.165) is 25.7 Å². The van der Waals surface area contributed by atoms with Crippen LogP contribution in [-0.2, 0) is 4.79 Å². The highest BCUT2D eigenvalue weighted by Gasteiger charge is 2.16. The van der Waals surface area contributed by atoms with Gasteiger partial charge in [-0.05, 0) is 12.8 Å². The lowest BCUT2D eigenvalue weighted by atomic mass is 9.98. The Bertz CT molecular complexity index is 231. The van der Waals surface area contributed by atoms with E-state index in [0.29, 0.717) is 11.5 Å². The van der Waals surface area contributed by atoms with Crippen LogP contribution in [0, 0.1) is 11.8 Å². The number of nitrogens with two attached hydrogens (primary N) is 1. The Morgan fingerprint density at radius 1 is 1.44 bits per heavy atom. The van der Waals surface area contributed by atoms with Crippen LogP contribution in [0.2, 0.25) is 0 Å². The minimum absolute atomic E-state index is 0.0719. The zero-order valence-electron chi connectivity index (χ0n) is 10.6. The van der Waals surface area contributed by atoms with Gasteiger partial charge in [-0.2, -0.15) is 0 Å². The molecule has 1 amide bonds. The van der Waals surface area contributed by atoms with Gasteiger partial charge in [0.25, 0.3) is 0 Å². The van der Waals surface area contributed by atoms with Crippen molar-refractivity contribution in [3.05, 3.63) is 0 Å². The first-order valence-corrected chi connectivity index (χ1v) is 6.50. The molecule has 2 atom stereocenters. The van der Waals surface area contributed by atoms with Crippen molar-refractivity contribution >= 4 is 23.1 Å². The minimum atomic E-state index is 0.0719. The lowest BCUT2D eigenvalue weighted by molar-refractivity contribution is -0.125. The predicted octanol–water partition coefficient (Wildman–Crippen LogP) is 2.24. The van der Waals surface area contributed by atoms with Crippen molar-refractivity contribution < 1.29 is 4.79 Å². The van der Waals surface area contributed by atoms with E-state index in [-0.39, 0.29) is 17.7 Å². The molecule has 3 nitrogen and oxygen atoms in total. The van der Waals surface area contributed by atoms with Crippen molar-refractivity contribution in [2.75, 3.05) is 6.54 Å². The maximum atomic E-state index is 11.8. The summed E-state index contributed by atoms with van der Waals surface area (Å²) < 4.78 is 0. The van der Waals surface area contributed by atoms with Crippen LogP contribution in [0.1, 0.15) is 46.5 Å². The van der Waals surface area contributed by atoms with Crippen molar-refractivity contribution in [3.8, 4) is 0 Å². The van der Waals surface area contributed by atoms with Crippen LogP contribution < -0.4 is 11.1 Å². The summed E-state index contributed by atoms with van der Waals surface area (Å²) in [4.78, 5) is 12.3. The molecule has 0 aromatic heterocycles. The number of hydrogen-bond donors (Lipinski definition) is 2. The molecule has 0 spiro atoms. The summed E-state index contributed by atoms with van der Waals surface area (Å²) in [6.07, 6.45) is 4.11. The standard InChI is InChI=1S/C12H24N2OS/c1-4-6-7-10(5-2)12(15)14-8-9(3)11(13)16/h9-10H,4-8H2,1-3H3,(H2,13,16)(H,14,15). The molecular weight excluding hydrogens is 220 g/mol. The second-order valence-corrected chi connectivity index (χ2v) is 4.77. The van der Waals surface area contributed by atoms with Crippen LogP contribution in [-0.4, -0.2) is 17.4 Å². The number of unbranched alkanes of at least 4 members (excludes halogenated alkanes) is 1. The number of amides is 1. The molecule has 0 rings (SSSR count). The molecule has 0 aliphatic carbocycles. The molecule has 94 valence electrons. The summed E-state index contributed by atoms with van der Waals surface area (Å²) in [5.41, 5.74) is 5.49. The minimum Gasteiger partial charge on any atom is -0.393 e. The van der Waals surface area contributed by atoms with Gasteiger partial charge in [0.05, 0.1) is 4.99 Å². The molecule has 0 aliphatic rings. The molecule has 16 heavy (non-hydrogen) atoms. The molecule has 0 aromatic rings. The van der Waals surface area contributed by atoms with Crippen LogP contribution in [0.3, 0.4) is 0 Å². The number of hydrogen-bond acceptors (Lipinski definition) is 2. The SMILES string of the molecule is CCCCC(CC)C(=O)NCC(C)C(N)=S. The highest BCUT2D eigenvalue weighted by molar-refractivity contribution is 7.80. The molecule has 0 saturated carbocycles. The third-order valence-electron chi connectivity index (χ3n) is 2.84. The van der Waals surface area contributed by atoms with Crippen LogP contribution in [0.15, 0.2) is 0 Å². The van der Waals surface area contributed by atoms with E-state index in [9.17, 15) is 4.79 Å². The summed E-state index contributed by atoms with van der Waals surface area (Å²) in [7, 11) is 0. The molecule has 2 unspecified atom stereocenters. The summed E-state index contributed by atoms with van der Waals surface area (Å²) in [5.74, 6) is 0.347. The average Bonchev–Trinajstić information content (AvgIpc) is 2.26. The molecular formula is C12H24N2OS. The molecule has 0 bridgehead atoms. The van der Waals surface area contributed by atoms with Crippen molar-refractivity contribution in [2.24, 2.45) is 17.6 Å². The Morgan fingerprint density at radius 3 is 2.50 bits per heavy atom. The molecule has 0 saturated heterocycles. The maximum Gasteiger partial charge on any atom is 0.223 e. The van der Waals surface area contributed by atoms with E-state index >= 15 is 0 Å². The zero-order valence-corrected chi connectivity index (χ0v) is 11.4. The number of nitrogens with one attached hydrogen (secondary N) is 1. The van der Waals surface area contributed by atoms with Gasteiger partial charge in [-0.15, -0.1) is 0 Å². The maximum absolute atomic E-state index is 11.8. The van der Waals surface area contributed by atoms with Crippen molar-refractivity contribution in [2.45, 2.75) is 46.5 Å². The van der Waals surface area contributed by atoms with E-state index in [2.05, 4.69) is 19.2 Å². The number of carbonyl (C=O) groups excluding carboxylic acids is 1. The Labute approximate surface area is 104 Å². The Hall–Kier alpha value is -0.640. The van der Waals surface area contributed by atoms with Gasteiger partial charge in [0.15, 0.2) is 0 Å². The average molecular weight is 244 g/mol. The van der Waals surface area contributed by atoms with E-state index in [1.54, 1.807) is 0 Å². The van der Waals surface area contributed by atoms with Gasteiger partial charge in [0.1, 0.15) is 0 Å². The molecule has 3 N–H and O–H groups in total. The Morgan fingerprint density at radius 2 is 2.06 bits per heavy atom. The quantitative estimate of drug-likeness (QED) is 0.644. The van der Waals surface area contributed by atoms with Crippen molar-refractivity contribution in [1.29, 1.82) is 0 Å². The highest BCUT2D eigenvalue weighted by Crippen LogP contribution is 2.12. The van der Waals surface area contributed by atoms with E-state index in [1.165, 1.54) is 0 Å². The monoisotopic (exact) mass is 244 g/mol. The molecule has 4 heteroatoms. The Kier molecular flexibility index (Phi) is 8.16. The van der Waals surface area contributed by atoms with Gasteiger partial charge in [0.2, 0.25) is 5.91 Å².